The molecule has 0 aliphatic carbocycles. The largest absolute Gasteiger partial charge is 0.371 e. The average Bonchev–Trinajstić information content (AvgIpc) is 2.61. The minimum atomic E-state index is 0.683. The van der Waals surface area contributed by atoms with E-state index in [4.69, 9.17) is 5.73 Å². The van der Waals surface area contributed by atoms with E-state index < -0.39 is 0 Å². The number of hydrogen-bond donors (Lipinski definition) is 1. The molecule has 0 atom stereocenters. The first-order chi connectivity index (χ1) is 10.8. The summed E-state index contributed by atoms with van der Waals surface area (Å²) in [5.74, 6) is 3.01. The van der Waals surface area contributed by atoms with Crippen molar-refractivity contribution >= 4 is 23.4 Å². The first kappa shape index (κ1) is 15.5. The Balaban J connectivity index is 1.69. The molecule has 0 radical (unpaired) electrons. The fourth-order valence-corrected chi connectivity index (χ4v) is 4.05. The van der Waals surface area contributed by atoms with E-state index in [9.17, 15) is 0 Å². The molecule has 3 rings (SSSR count). The molecule has 0 spiro atoms. The average molecular weight is 318 g/mol. The zero-order chi connectivity index (χ0) is 15.2. The van der Waals surface area contributed by atoms with Gasteiger partial charge in [-0.25, -0.2) is 4.99 Å². The lowest BCUT2D eigenvalue weighted by Gasteiger charge is -2.30. The van der Waals surface area contributed by atoms with Crippen molar-refractivity contribution in [2.75, 3.05) is 42.6 Å². The predicted molar refractivity (Wildman–Crippen MR) is 96.7 cm³/mol. The van der Waals surface area contributed by atoms with Crippen LogP contribution >= 0.6 is 11.8 Å². The van der Waals surface area contributed by atoms with Gasteiger partial charge >= 0.3 is 0 Å². The fraction of sp³-hybridized carbons (Fsp3) is 0.588. The molecule has 120 valence electrons. The Morgan fingerprint density at radius 3 is 2.55 bits per heavy atom. The van der Waals surface area contributed by atoms with Gasteiger partial charge in [-0.2, -0.15) is 11.8 Å². The van der Waals surface area contributed by atoms with Crippen molar-refractivity contribution in [2.45, 2.75) is 25.8 Å². The van der Waals surface area contributed by atoms with Gasteiger partial charge in [0.05, 0.1) is 6.54 Å². The van der Waals surface area contributed by atoms with Crippen LogP contribution in [0.25, 0.3) is 0 Å². The standard InChI is InChI=1S/C17H26N4S/c18-17(21-10-12-22-13-11-21)19-14-15-6-2-3-7-16(15)20-8-4-1-5-9-20/h2-3,6-7H,1,4-5,8-14H2,(H2,18,19). The molecule has 2 aliphatic rings. The van der Waals surface area contributed by atoms with Gasteiger partial charge in [0.25, 0.3) is 0 Å². The van der Waals surface area contributed by atoms with Crippen LogP contribution < -0.4 is 10.6 Å². The van der Waals surface area contributed by atoms with Crippen LogP contribution in [0.4, 0.5) is 5.69 Å². The summed E-state index contributed by atoms with van der Waals surface area (Å²) in [7, 11) is 0. The molecule has 2 aliphatic heterocycles. The van der Waals surface area contributed by atoms with Crippen molar-refractivity contribution < 1.29 is 0 Å². The van der Waals surface area contributed by atoms with Crippen LogP contribution in [-0.4, -0.2) is 48.5 Å². The molecule has 2 saturated heterocycles. The molecular formula is C17H26N4S. The Hall–Kier alpha value is -1.36. The Labute approximate surface area is 137 Å². The molecule has 0 aromatic heterocycles. The number of aliphatic imine (C=N–C) groups is 1. The molecular weight excluding hydrogens is 292 g/mol. The van der Waals surface area contributed by atoms with Gasteiger partial charge in [-0.3, -0.25) is 0 Å². The number of thioether (sulfide) groups is 1. The molecule has 0 saturated carbocycles. The van der Waals surface area contributed by atoms with E-state index >= 15 is 0 Å². The van der Waals surface area contributed by atoms with Gasteiger partial charge in [0.15, 0.2) is 5.96 Å². The van der Waals surface area contributed by atoms with Crippen LogP contribution in [0, 0.1) is 0 Å². The smallest absolute Gasteiger partial charge is 0.191 e. The van der Waals surface area contributed by atoms with Crippen LogP contribution in [0.5, 0.6) is 0 Å². The van der Waals surface area contributed by atoms with Gasteiger partial charge in [-0.15, -0.1) is 0 Å². The number of nitrogens with two attached hydrogens (primary N) is 1. The lowest BCUT2D eigenvalue weighted by Crippen LogP contribution is -2.42. The summed E-state index contributed by atoms with van der Waals surface area (Å²) in [5.41, 5.74) is 8.81. The Bertz CT molecular complexity index is 505. The lowest BCUT2D eigenvalue weighted by atomic mass is 10.1. The molecule has 0 unspecified atom stereocenters. The predicted octanol–water partition coefficient (Wildman–Crippen LogP) is 2.54. The number of benzene rings is 1. The van der Waals surface area contributed by atoms with E-state index in [0.717, 1.165) is 24.6 Å². The minimum absolute atomic E-state index is 0.683. The van der Waals surface area contributed by atoms with E-state index in [0.29, 0.717) is 12.5 Å². The first-order valence-electron chi connectivity index (χ1n) is 8.30. The molecule has 1 aromatic rings. The Morgan fingerprint density at radius 2 is 1.77 bits per heavy atom. The van der Waals surface area contributed by atoms with Gasteiger partial charge in [-0.05, 0) is 30.9 Å². The van der Waals surface area contributed by atoms with E-state index in [1.165, 1.54) is 43.6 Å². The zero-order valence-electron chi connectivity index (χ0n) is 13.2. The van der Waals surface area contributed by atoms with Crippen LogP contribution in [0.2, 0.25) is 0 Å². The second-order valence-electron chi connectivity index (χ2n) is 5.95. The van der Waals surface area contributed by atoms with Crippen LogP contribution in [0.1, 0.15) is 24.8 Å². The summed E-state index contributed by atoms with van der Waals surface area (Å²) < 4.78 is 0. The van der Waals surface area contributed by atoms with Crippen molar-refractivity contribution in [3.05, 3.63) is 29.8 Å². The molecule has 0 bridgehead atoms. The summed E-state index contributed by atoms with van der Waals surface area (Å²) in [4.78, 5) is 9.37. The summed E-state index contributed by atoms with van der Waals surface area (Å²) in [5, 5.41) is 0. The van der Waals surface area contributed by atoms with Gasteiger partial charge in [0.1, 0.15) is 0 Å². The Morgan fingerprint density at radius 1 is 1.05 bits per heavy atom. The summed E-state index contributed by atoms with van der Waals surface area (Å²) >= 11 is 1.99. The third-order valence-electron chi connectivity index (χ3n) is 4.43. The summed E-state index contributed by atoms with van der Waals surface area (Å²) in [6, 6.07) is 8.64. The normalized spacial score (nSPS) is 20.3. The molecule has 5 heteroatoms. The molecule has 2 fully saturated rings. The molecule has 22 heavy (non-hydrogen) atoms. The number of hydrogen-bond acceptors (Lipinski definition) is 3. The number of para-hydroxylation sites is 1. The number of nitrogens with zero attached hydrogens (tertiary/aromatic N) is 3. The number of anilines is 1. The topological polar surface area (TPSA) is 44.9 Å². The van der Waals surface area contributed by atoms with Gasteiger partial charge in [0, 0.05) is 43.4 Å². The molecule has 2 N–H and O–H groups in total. The third-order valence-corrected chi connectivity index (χ3v) is 5.38. The van der Waals surface area contributed by atoms with Crippen molar-refractivity contribution in [1.29, 1.82) is 0 Å². The van der Waals surface area contributed by atoms with E-state index in [-0.39, 0.29) is 0 Å². The SMILES string of the molecule is NC(=NCc1ccccc1N1CCCCC1)N1CCSCC1. The zero-order valence-corrected chi connectivity index (χ0v) is 14.0. The highest BCUT2D eigenvalue weighted by atomic mass is 32.2. The molecule has 1 aromatic carbocycles. The third kappa shape index (κ3) is 3.88. The van der Waals surface area contributed by atoms with E-state index in [1.54, 1.807) is 0 Å². The Kier molecular flexibility index (Phi) is 5.48. The van der Waals surface area contributed by atoms with Crippen molar-refractivity contribution in [3.63, 3.8) is 0 Å². The van der Waals surface area contributed by atoms with Crippen LogP contribution in [0.15, 0.2) is 29.3 Å². The maximum absolute atomic E-state index is 6.18. The van der Waals surface area contributed by atoms with Crippen LogP contribution in [0.3, 0.4) is 0 Å². The minimum Gasteiger partial charge on any atom is -0.371 e. The highest BCUT2D eigenvalue weighted by Gasteiger charge is 2.15. The van der Waals surface area contributed by atoms with Gasteiger partial charge in [0.2, 0.25) is 0 Å². The summed E-state index contributed by atoms with van der Waals surface area (Å²) in [6.45, 7) is 5.06. The maximum Gasteiger partial charge on any atom is 0.191 e. The van der Waals surface area contributed by atoms with E-state index in [2.05, 4.69) is 39.1 Å². The number of piperidine rings is 1. The van der Waals surface area contributed by atoms with Gasteiger partial charge in [-0.1, -0.05) is 18.2 Å². The number of rotatable bonds is 3. The van der Waals surface area contributed by atoms with Crippen molar-refractivity contribution in [2.24, 2.45) is 10.7 Å². The van der Waals surface area contributed by atoms with Crippen molar-refractivity contribution in [3.8, 4) is 0 Å². The highest BCUT2D eigenvalue weighted by molar-refractivity contribution is 7.99. The maximum atomic E-state index is 6.18. The molecule has 4 nitrogen and oxygen atoms in total. The quantitative estimate of drug-likeness (QED) is 0.687. The highest BCUT2D eigenvalue weighted by Crippen LogP contribution is 2.24. The second kappa shape index (κ2) is 7.77. The number of guanidine groups is 1. The fourth-order valence-electron chi connectivity index (χ4n) is 3.15. The second-order valence-corrected chi connectivity index (χ2v) is 7.18. The lowest BCUT2D eigenvalue weighted by molar-refractivity contribution is 0.455. The van der Waals surface area contributed by atoms with Crippen molar-refractivity contribution in [1.82, 2.24) is 4.90 Å². The molecule has 2 heterocycles. The van der Waals surface area contributed by atoms with Gasteiger partial charge < -0.3 is 15.5 Å². The monoisotopic (exact) mass is 318 g/mol. The summed E-state index contributed by atoms with van der Waals surface area (Å²) in [6.07, 6.45) is 3.95. The van der Waals surface area contributed by atoms with Crippen LogP contribution in [-0.2, 0) is 6.54 Å². The first-order valence-corrected chi connectivity index (χ1v) is 9.45. The van der Waals surface area contributed by atoms with E-state index in [1.807, 2.05) is 11.8 Å². The molecule has 0 amide bonds.